The molecule has 32 heavy (non-hydrogen) atoms. The summed E-state index contributed by atoms with van der Waals surface area (Å²) >= 11 is 0. The Morgan fingerprint density at radius 3 is 1.38 bits per heavy atom. The van der Waals surface area contributed by atoms with Crippen LogP contribution in [0.3, 0.4) is 0 Å². The number of hydrogen-bond donors (Lipinski definition) is 1. The lowest BCUT2D eigenvalue weighted by Gasteiger charge is -2.19. The average molecular weight is 478 g/mol. The lowest BCUT2D eigenvalue weighted by Crippen LogP contribution is -2.31. The van der Waals surface area contributed by atoms with Crippen molar-refractivity contribution in [1.29, 1.82) is 0 Å². The molecule has 14 heteroatoms. The molecule has 0 saturated carbocycles. The molecule has 1 rings (SSSR count). The number of rotatable bonds is 13. The highest BCUT2D eigenvalue weighted by Crippen LogP contribution is 2.38. The Morgan fingerprint density at radius 1 is 0.781 bits per heavy atom. The van der Waals surface area contributed by atoms with E-state index >= 15 is 0 Å². The topological polar surface area (TPSA) is 173 Å². The molecule has 13 nitrogen and oxygen atoms in total. The Labute approximate surface area is 188 Å². The van der Waals surface area contributed by atoms with Gasteiger partial charge in [0.1, 0.15) is 0 Å². The molecule has 0 spiro atoms. The Morgan fingerprint density at radius 2 is 1.12 bits per heavy atom. The number of nitro groups is 3. The lowest BCUT2D eigenvalue weighted by molar-refractivity contribution is -0.404. The number of nitro benzene ring substituents is 3. The van der Waals surface area contributed by atoms with Crippen molar-refractivity contribution in [2.24, 2.45) is 0 Å². The maximum absolute atomic E-state index is 11.8. The second-order valence-electron chi connectivity index (χ2n) is 6.51. The first-order valence-corrected chi connectivity index (χ1v) is 11.6. The van der Waals surface area contributed by atoms with Crippen LogP contribution in [0, 0.1) is 30.3 Å². The van der Waals surface area contributed by atoms with Crippen molar-refractivity contribution in [1.82, 2.24) is 9.80 Å². The zero-order valence-electron chi connectivity index (χ0n) is 18.8. The minimum absolute atomic E-state index is 0.447. The molecule has 182 valence electrons. The van der Waals surface area contributed by atoms with Crippen LogP contribution in [0.1, 0.15) is 27.7 Å². The van der Waals surface area contributed by atoms with E-state index in [0.717, 1.165) is 50.8 Å². The van der Waals surface area contributed by atoms with Gasteiger partial charge in [0.2, 0.25) is 0 Å². The molecule has 0 amide bonds. The molecule has 0 bridgehead atoms. The molecule has 1 aromatic rings. The van der Waals surface area contributed by atoms with Crippen LogP contribution in [0.25, 0.3) is 0 Å². The van der Waals surface area contributed by atoms with E-state index in [0.29, 0.717) is 12.1 Å². The Kier molecular flexibility index (Phi) is 13.9. The van der Waals surface area contributed by atoms with Crippen molar-refractivity contribution in [3.8, 4) is 5.75 Å². The largest absolute Gasteiger partial charge is 0.497 e. The summed E-state index contributed by atoms with van der Waals surface area (Å²) in [6.07, 6.45) is 0. The third-order valence-electron chi connectivity index (χ3n) is 4.72. The van der Waals surface area contributed by atoms with E-state index in [4.69, 9.17) is 5.11 Å². The summed E-state index contributed by atoms with van der Waals surface area (Å²) in [7, 11) is -0.651. The fourth-order valence-corrected chi connectivity index (χ4v) is 3.74. The third-order valence-corrected chi connectivity index (χ3v) is 5.99. The summed E-state index contributed by atoms with van der Waals surface area (Å²) in [6, 6.07) is 0.894. The van der Waals surface area contributed by atoms with Gasteiger partial charge in [0.05, 0.1) is 26.9 Å². The molecule has 0 radical (unpaired) electrons. The monoisotopic (exact) mass is 477 g/mol. The summed E-state index contributed by atoms with van der Waals surface area (Å²) in [6.45, 7) is 14.8. The van der Waals surface area contributed by atoms with E-state index in [1.165, 1.54) is 0 Å². The van der Waals surface area contributed by atoms with E-state index in [-0.39, 0.29) is 0 Å². The van der Waals surface area contributed by atoms with Crippen LogP contribution >= 0.6 is 0 Å². The van der Waals surface area contributed by atoms with Gasteiger partial charge in [-0.25, -0.2) is 0 Å². The number of benzene rings is 1. The van der Waals surface area contributed by atoms with E-state index in [1.54, 1.807) is 0 Å². The first-order chi connectivity index (χ1) is 15.0. The molecule has 0 aliphatic rings. The fourth-order valence-electron chi connectivity index (χ4n) is 2.62. The van der Waals surface area contributed by atoms with Gasteiger partial charge in [-0.1, -0.05) is 27.7 Å². The van der Waals surface area contributed by atoms with E-state index in [1.807, 2.05) is 0 Å². The van der Waals surface area contributed by atoms with Gasteiger partial charge in [-0.15, -0.1) is 0 Å². The molecular formula is C18H31N5O8S. The maximum Gasteiger partial charge on any atom is 0.324 e. The van der Waals surface area contributed by atoms with E-state index in [9.17, 15) is 34.6 Å². The predicted octanol–water partition coefficient (Wildman–Crippen LogP) is 2.54. The maximum atomic E-state index is 11.8. The van der Waals surface area contributed by atoms with Gasteiger partial charge in [0.25, 0.3) is 11.4 Å². The molecule has 0 heterocycles. The number of hydrogen-bond acceptors (Lipinski definition) is 10. The first kappa shape index (κ1) is 29.3. The third kappa shape index (κ3) is 10.1. The number of aromatic hydroxyl groups is 1. The summed E-state index contributed by atoms with van der Waals surface area (Å²) in [4.78, 5) is 32.4. The molecule has 0 aromatic heterocycles. The standard InChI is InChI=1S/C12H28N2OS.C6H3N3O7/c1-5-13(6-2)9-11-16(15)12-10-14(7-3)8-4;10-6-4(8(13)14)1-3(7(11)12)2-5(6)9(15)16/h5-12H2,1-4H3;1-2,10H. The van der Waals surface area contributed by atoms with Gasteiger partial charge < -0.3 is 14.9 Å². The van der Waals surface area contributed by atoms with Gasteiger partial charge >= 0.3 is 11.4 Å². The zero-order valence-corrected chi connectivity index (χ0v) is 19.6. The second-order valence-corrected chi connectivity index (χ2v) is 8.20. The van der Waals surface area contributed by atoms with Crippen molar-refractivity contribution in [3.05, 3.63) is 42.5 Å². The molecule has 1 N–H and O–H groups in total. The van der Waals surface area contributed by atoms with Crippen LogP contribution in [0.15, 0.2) is 12.1 Å². The van der Waals surface area contributed by atoms with Crippen LogP contribution in [0.4, 0.5) is 17.1 Å². The summed E-state index contributed by atoms with van der Waals surface area (Å²) in [5.74, 6) is 0.437. The Hall–Kier alpha value is -2.71. The highest BCUT2D eigenvalue weighted by atomic mass is 32.2. The van der Waals surface area contributed by atoms with Crippen molar-refractivity contribution in [2.75, 3.05) is 50.8 Å². The van der Waals surface area contributed by atoms with Crippen LogP contribution in [0.2, 0.25) is 0 Å². The van der Waals surface area contributed by atoms with Crippen LogP contribution in [0.5, 0.6) is 5.75 Å². The highest BCUT2D eigenvalue weighted by Gasteiger charge is 2.30. The van der Waals surface area contributed by atoms with Gasteiger partial charge in [-0.3, -0.25) is 34.6 Å². The second kappa shape index (κ2) is 15.2. The fraction of sp³-hybridized carbons (Fsp3) is 0.667. The van der Waals surface area contributed by atoms with Crippen LogP contribution in [-0.2, 0) is 10.8 Å². The number of phenols is 1. The quantitative estimate of drug-likeness (QED) is 0.328. The Balaban J connectivity index is 0.000000601. The molecule has 0 atom stereocenters. The molecule has 0 saturated heterocycles. The van der Waals surface area contributed by atoms with Crippen molar-refractivity contribution in [2.45, 2.75) is 27.7 Å². The van der Waals surface area contributed by atoms with Crippen LogP contribution < -0.4 is 0 Å². The van der Waals surface area contributed by atoms with Gasteiger partial charge in [0, 0.05) is 35.4 Å². The van der Waals surface area contributed by atoms with E-state index < -0.39 is 48.4 Å². The summed E-state index contributed by atoms with van der Waals surface area (Å²) in [5, 5.41) is 40.2. The smallest absolute Gasteiger partial charge is 0.324 e. The minimum atomic E-state index is -1.21. The first-order valence-electron chi connectivity index (χ1n) is 10.1. The van der Waals surface area contributed by atoms with Crippen molar-refractivity contribution in [3.63, 3.8) is 0 Å². The number of non-ortho nitro benzene ring substituents is 1. The summed E-state index contributed by atoms with van der Waals surface area (Å²) in [5.41, 5.74) is -3.00. The highest BCUT2D eigenvalue weighted by molar-refractivity contribution is 7.85. The molecule has 1 aromatic carbocycles. The minimum Gasteiger partial charge on any atom is -0.497 e. The Bertz CT molecular complexity index is 747. The van der Waals surface area contributed by atoms with Crippen molar-refractivity contribution >= 4 is 27.9 Å². The molecule has 0 fully saturated rings. The molecule has 0 aliphatic carbocycles. The van der Waals surface area contributed by atoms with Gasteiger partial charge in [-0.2, -0.15) is 0 Å². The molecular weight excluding hydrogens is 446 g/mol. The van der Waals surface area contributed by atoms with Gasteiger partial charge in [0.15, 0.2) is 0 Å². The SMILES string of the molecule is CCN(CC)CCS(=O)CCN(CC)CC.O=[N+]([O-])c1cc([N+](=O)[O-])c(O)c([N+](=O)[O-])c1. The number of nitrogens with zero attached hydrogens (tertiary/aromatic N) is 5. The number of phenolic OH excluding ortho intramolecular Hbond substituents is 1. The zero-order chi connectivity index (χ0) is 24.8. The van der Waals surface area contributed by atoms with Gasteiger partial charge in [-0.05, 0) is 26.2 Å². The molecule has 0 unspecified atom stereocenters. The van der Waals surface area contributed by atoms with E-state index in [2.05, 4.69) is 37.5 Å². The van der Waals surface area contributed by atoms with Crippen molar-refractivity contribution < 1.29 is 24.1 Å². The normalized spacial score (nSPS) is 10.8. The van der Waals surface area contributed by atoms with Crippen LogP contribution in [-0.4, -0.2) is 84.7 Å². The average Bonchev–Trinajstić information content (AvgIpc) is 2.75. The molecule has 0 aliphatic heterocycles. The summed E-state index contributed by atoms with van der Waals surface area (Å²) < 4.78 is 11.8. The predicted molar refractivity (Wildman–Crippen MR) is 122 cm³/mol. The lowest BCUT2D eigenvalue weighted by atomic mass is 10.2.